The number of hydrogen-bond donors (Lipinski definition) is 4. The molecule has 258 valence electrons. The molecule has 1 saturated heterocycles. The molecule has 2 fully saturated rings. The minimum Gasteiger partial charge on any atom is -0.390 e. The monoisotopic (exact) mass is 669 g/mol. The van der Waals surface area contributed by atoms with Gasteiger partial charge in [0.25, 0.3) is 5.91 Å². The predicted octanol–water partition coefficient (Wildman–Crippen LogP) is 4.30. The van der Waals surface area contributed by atoms with Gasteiger partial charge in [0.05, 0.1) is 22.9 Å². The van der Waals surface area contributed by atoms with Gasteiger partial charge >= 0.3 is 5.92 Å². The number of aliphatic hydroxyl groups is 1. The van der Waals surface area contributed by atoms with Crippen molar-refractivity contribution in [1.29, 1.82) is 5.26 Å². The number of carbonyl (C=O) groups excluding carboxylic acids is 4. The number of piperidine rings is 1. The Hall–Kier alpha value is -4.44. The molecular weight excluding hydrogens is 627 g/mol. The number of nitrogens with zero attached hydrogens (tertiary/aromatic N) is 2. The third kappa shape index (κ3) is 9.13. The summed E-state index contributed by atoms with van der Waals surface area (Å²) in [6, 6.07) is 7.80. The van der Waals surface area contributed by atoms with Gasteiger partial charge in [-0.2, -0.15) is 14.0 Å². The molecule has 1 aliphatic carbocycles. The molecule has 0 unspecified atom stereocenters. The van der Waals surface area contributed by atoms with E-state index in [9.17, 15) is 24.3 Å². The number of nitrogens with one attached hydrogen (secondary N) is 3. The number of carbonyl (C=O) groups is 4. The van der Waals surface area contributed by atoms with Gasteiger partial charge in [0.1, 0.15) is 17.9 Å². The van der Waals surface area contributed by atoms with Gasteiger partial charge < -0.3 is 26.0 Å². The number of rotatable bonds is 11. The van der Waals surface area contributed by atoms with E-state index < -0.39 is 52.7 Å². The van der Waals surface area contributed by atoms with Gasteiger partial charge in [0.15, 0.2) is 0 Å². The summed E-state index contributed by atoms with van der Waals surface area (Å²) in [5.41, 5.74) is -1.51. The zero-order valence-electron chi connectivity index (χ0n) is 27.2. The van der Waals surface area contributed by atoms with E-state index in [2.05, 4.69) is 16.0 Å². The van der Waals surface area contributed by atoms with E-state index in [1.165, 1.54) is 24.3 Å². The van der Waals surface area contributed by atoms with Crippen molar-refractivity contribution in [1.82, 2.24) is 15.5 Å². The second-order valence-electron chi connectivity index (χ2n) is 12.9. The lowest BCUT2D eigenvalue weighted by Crippen LogP contribution is -2.53. The quantitative estimate of drug-likeness (QED) is 0.280. The van der Waals surface area contributed by atoms with E-state index in [4.69, 9.17) is 5.26 Å². The van der Waals surface area contributed by atoms with Crippen LogP contribution < -0.4 is 16.0 Å². The van der Waals surface area contributed by atoms with E-state index in [0.717, 1.165) is 37.5 Å². The first-order valence-corrected chi connectivity index (χ1v) is 16.3. The molecule has 2 atom stereocenters. The third-order valence-corrected chi connectivity index (χ3v) is 9.17. The Bertz CT molecular complexity index is 1540. The lowest BCUT2D eigenvalue weighted by atomic mass is 9.83. The van der Waals surface area contributed by atoms with Crippen LogP contribution in [0.25, 0.3) is 0 Å². The van der Waals surface area contributed by atoms with Gasteiger partial charge in [-0.25, -0.2) is 4.39 Å². The van der Waals surface area contributed by atoms with Gasteiger partial charge in [0, 0.05) is 31.5 Å². The van der Waals surface area contributed by atoms with E-state index in [-0.39, 0.29) is 35.9 Å². The van der Waals surface area contributed by atoms with Crippen molar-refractivity contribution in [2.24, 2.45) is 5.92 Å². The molecule has 0 bridgehead atoms. The molecule has 2 aromatic carbocycles. The molecule has 1 saturated carbocycles. The largest absolute Gasteiger partial charge is 0.390 e. The number of halogens is 3. The van der Waals surface area contributed by atoms with Crippen molar-refractivity contribution in [3.63, 3.8) is 0 Å². The van der Waals surface area contributed by atoms with Crippen LogP contribution in [0.15, 0.2) is 42.5 Å². The van der Waals surface area contributed by atoms with Crippen LogP contribution in [0.4, 0.5) is 18.9 Å². The molecular formula is C35H42F3N5O5. The van der Waals surface area contributed by atoms with Crippen LogP contribution in [0.3, 0.4) is 0 Å². The Morgan fingerprint density at radius 1 is 1.06 bits per heavy atom. The van der Waals surface area contributed by atoms with Crippen molar-refractivity contribution in [3.8, 4) is 6.07 Å². The van der Waals surface area contributed by atoms with Gasteiger partial charge in [-0.1, -0.05) is 44.4 Å². The maximum atomic E-state index is 15.4. The van der Waals surface area contributed by atoms with Crippen LogP contribution in [0.5, 0.6) is 0 Å². The Morgan fingerprint density at radius 2 is 1.75 bits per heavy atom. The van der Waals surface area contributed by atoms with E-state index in [1.54, 1.807) is 24.8 Å². The molecule has 4 N–H and O–H groups in total. The summed E-state index contributed by atoms with van der Waals surface area (Å²) in [5, 5.41) is 26.7. The Kier molecular flexibility index (Phi) is 11.9. The summed E-state index contributed by atoms with van der Waals surface area (Å²) in [6.45, 7) is 3.95. The van der Waals surface area contributed by atoms with Crippen LogP contribution >= 0.6 is 0 Å². The molecule has 10 nitrogen and oxygen atoms in total. The van der Waals surface area contributed by atoms with Crippen LogP contribution in [0.2, 0.25) is 0 Å². The zero-order valence-corrected chi connectivity index (χ0v) is 27.2. The number of hydrogen-bond acceptors (Lipinski definition) is 6. The van der Waals surface area contributed by atoms with Crippen LogP contribution in [-0.4, -0.2) is 64.4 Å². The van der Waals surface area contributed by atoms with Gasteiger partial charge in [-0.3, -0.25) is 19.2 Å². The van der Waals surface area contributed by atoms with Gasteiger partial charge in [0.2, 0.25) is 17.7 Å². The van der Waals surface area contributed by atoms with Gasteiger partial charge in [-0.15, -0.1) is 0 Å². The lowest BCUT2D eigenvalue weighted by molar-refractivity contribution is -0.149. The van der Waals surface area contributed by atoms with E-state index in [0.29, 0.717) is 44.3 Å². The van der Waals surface area contributed by atoms with Gasteiger partial charge in [-0.05, 0) is 68.4 Å². The van der Waals surface area contributed by atoms with Crippen molar-refractivity contribution >= 4 is 29.3 Å². The zero-order chi connectivity index (χ0) is 35.1. The summed E-state index contributed by atoms with van der Waals surface area (Å²) in [6.07, 6.45) is 4.23. The minimum absolute atomic E-state index is 0.0363. The molecule has 0 aromatic heterocycles. The fourth-order valence-electron chi connectivity index (χ4n) is 6.17. The van der Waals surface area contributed by atoms with Crippen molar-refractivity contribution in [2.75, 3.05) is 18.4 Å². The summed E-state index contributed by atoms with van der Waals surface area (Å²) in [5.74, 6) is -8.63. The maximum absolute atomic E-state index is 15.4. The second-order valence-corrected chi connectivity index (χ2v) is 12.9. The van der Waals surface area contributed by atoms with Crippen molar-refractivity contribution in [3.05, 3.63) is 65.0 Å². The number of alkyl halides is 2. The molecule has 2 aromatic rings. The standard InChI is InChI=1S/C35H42F3N5O5/c1-3-29(44)40-28(32(46)43-16-14-34(2,48)15-17-43)20-22-12-13-27(26(36)19-22)41-31(45)30(24-9-5-4-6-10-24)42-33(47)35(37,38)25-11-7-8-23(18-25)21-39/h7-8,11-13,18-19,24,28,30,48H,3-6,9-10,14-17,20H2,1-2H3,(H,40,44)(H,41,45)(H,42,47)/t28-,30+/m1/s1. The highest BCUT2D eigenvalue weighted by atomic mass is 19.3. The smallest absolute Gasteiger partial charge is 0.349 e. The first-order valence-electron chi connectivity index (χ1n) is 16.3. The highest BCUT2D eigenvalue weighted by Gasteiger charge is 2.44. The average Bonchev–Trinajstić information content (AvgIpc) is 3.07. The van der Waals surface area contributed by atoms with E-state index >= 15 is 13.2 Å². The number of anilines is 1. The van der Waals surface area contributed by atoms with Crippen LogP contribution in [0, 0.1) is 23.1 Å². The maximum Gasteiger partial charge on any atom is 0.349 e. The Morgan fingerprint density at radius 3 is 2.38 bits per heavy atom. The highest BCUT2D eigenvalue weighted by molar-refractivity contribution is 5.98. The molecule has 1 heterocycles. The summed E-state index contributed by atoms with van der Waals surface area (Å²) in [4.78, 5) is 53.6. The minimum atomic E-state index is -4.04. The molecule has 4 rings (SSSR count). The molecule has 1 aliphatic heterocycles. The number of likely N-dealkylation sites (tertiary alicyclic amines) is 1. The lowest BCUT2D eigenvalue weighted by Gasteiger charge is -2.37. The first kappa shape index (κ1) is 36.4. The molecule has 4 amide bonds. The topological polar surface area (TPSA) is 152 Å². The average molecular weight is 670 g/mol. The molecule has 13 heteroatoms. The third-order valence-electron chi connectivity index (χ3n) is 9.17. The van der Waals surface area contributed by atoms with Crippen molar-refractivity contribution in [2.45, 2.75) is 95.2 Å². The summed E-state index contributed by atoms with van der Waals surface area (Å²) >= 11 is 0. The predicted molar refractivity (Wildman–Crippen MR) is 171 cm³/mol. The molecule has 2 aliphatic rings. The van der Waals surface area contributed by atoms with Crippen molar-refractivity contribution < 1.29 is 37.5 Å². The molecule has 0 radical (unpaired) electrons. The normalized spacial score (nSPS) is 17.8. The van der Waals surface area contributed by atoms with E-state index in [1.807, 2.05) is 0 Å². The fourth-order valence-corrected chi connectivity index (χ4v) is 6.17. The first-order chi connectivity index (χ1) is 22.7. The number of benzene rings is 2. The molecule has 0 spiro atoms. The van der Waals surface area contributed by atoms with Crippen LogP contribution in [0.1, 0.15) is 81.9 Å². The SMILES string of the molecule is CCC(=O)N[C@H](Cc1ccc(NC(=O)[C@@H](NC(=O)C(F)(F)c2cccc(C#N)c2)C2CCCCC2)c(F)c1)C(=O)N1CCC(C)(O)CC1. The number of nitriles is 1. The highest BCUT2D eigenvalue weighted by Crippen LogP contribution is 2.32. The summed E-state index contributed by atoms with van der Waals surface area (Å²) in [7, 11) is 0. The Balaban J connectivity index is 1.50. The number of amides is 4. The Labute approximate surface area is 278 Å². The molecule has 48 heavy (non-hydrogen) atoms. The van der Waals surface area contributed by atoms with Crippen LogP contribution in [-0.2, 0) is 31.5 Å². The second kappa shape index (κ2) is 15.6. The summed E-state index contributed by atoms with van der Waals surface area (Å²) < 4.78 is 45.9. The fraction of sp³-hybridized carbons (Fsp3) is 0.514.